The summed E-state index contributed by atoms with van der Waals surface area (Å²) in [6, 6.07) is 10.3. The quantitative estimate of drug-likeness (QED) is 0.192. The number of aryl methyl sites for hydroxylation is 2. The van der Waals surface area contributed by atoms with Crippen molar-refractivity contribution >= 4 is 62.2 Å². The van der Waals surface area contributed by atoms with Crippen molar-refractivity contribution in [1.29, 1.82) is 0 Å². The summed E-state index contributed by atoms with van der Waals surface area (Å²) in [7, 11) is 0. The van der Waals surface area contributed by atoms with Gasteiger partial charge in [-0.3, -0.25) is 34.1 Å². The van der Waals surface area contributed by atoms with Gasteiger partial charge in [0.25, 0.3) is 11.8 Å². The number of hydrogen-bond acceptors (Lipinski definition) is 8. The van der Waals surface area contributed by atoms with Crippen LogP contribution in [-0.2, 0) is 54.6 Å². The molecular formula is C35H43N3O8S2. The molecule has 6 rings (SSSR count). The number of Topliss-reactive ketones (excluding diaryl/α,β-unsaturated/α-hetero) is 2. The van der Waals surface area contributed by atoms with Gasteiger partial charge in [0.1, 0.15) is 11.8 Å². The molecule has 2 aromatic carbocycles. The molecule has 1 N–H and O–H groups in total. The Morgan fingerprint density at radius 2 is 1.19 bits per heavy atom. The molecule has 13 heteroatoms. The highest BCUT2D eigenvalue weighted by Crippen LogP contribution is 2.32. The summed E-state index contributed by atoms with van der Waals surface area (Å²) in [5.41, 5.74) is 5.34. The highest BCUT2D eigenvalue weighted by atomic mass is 32.1. The van der Waals surface area contributed by atoms with Crippen molar-refractivity contribution in [2.75, 3.05) is 26.4 Å². The standard InChI is InChI=1S/C35H39N3O8.2H2S/c39-24-11-12-29(31(40)19-24)37-20-27-22(5-1-9-25(27)34(37)43)7-3-15-45-17-18-46-16-4-8-23-6-2-10-26-28(23)21-38(35(26)44)30-13-14-32(41)36-33(30)42;;/h1-2,5-6,9-10,29-30H,3-4,7-8,11-21H2,(H,36,41,42);2*1H2. The number of hydrogen-bond donors (Lipinski definition) is 1. The number of imide groups is 1. The van der Waals surface area contributed by atoms with E-state index in [9.17, 15) is 28.8 Å². The van der Waals surface area contributed by atoms with Crippen LogP contribution in [0.25, 0.3) is 0 Å². The van der Waals surface area contributed by atoms with Crippen LogP contribution in [0.1, 0.15) is 87.9 Å². The molecule has 0 spiro atoms. The van der Waals surface area contributed by atoms with E-state index in [1.807, 2.05) is 30.3 Å². The number of amides is 4. The van der Waals surface area contributed by atoms with Crippen molar-refractivity contribution in [3.8, 4) is 0 Å². The molecule has 4 aliphatic rings. The molecule has 4 amide bonds. The summed E-state index contributed by atoms with van der Waals surface area (Å²) >= 11 is 0. The van der Waals surface area contributed by atoms with Gasteiger partial charge in [-0.15, -0.1) is 0 Å². The van der Waals surface area contributed by atoms with E-state index >= 15 is 0 Å². The monoisotopic (exact) mass is 697 g/mol. The number of carbonyl (C=O) groups is 6. The number of nitrogens with zero attached hydrogens (tertiary/aromatic N) is 2. The number of benzene rings is 2. The van der Waals surface area contributed by atoms with Crippen LogP contribution in [0.15, 0.2) is 36.4 Å². The molecule has 11 nitrogen and oxygen atoms in total. The van der Waals surface area contributed by atoms with Crippen molar-refractivity contribution < 1.29 is 38.2 Å². The lowest BCUT2D eigenvalue weighted by Crippen LogP contribution is -2.52. The lowest BCUT2D eigenvalue weighted by Gasteiger charge is -2.29. The van der Waals surface area contributed by atoms with Gasteiger partial charge in [0, 0.05) is 50.3 Å². The molecule has 1 aliphatic carbocycles. The van der Waals surface area contributed by atoms with Crippen LogP contribution >= 0.6 is 27.0 Å². The van der Waals surface area contributed by atoms with E-state index in [0.717, 1.165) is 47.9 Å². The second-order valence-corrected chi connectivity index (χ2v) is 12.4. The first-order valence-corrected chi connectivity index (χ1v) is 16.2. The summed E-state index contributed by atoms with van der Waals surface area (Å²) in [6.07, 6.45) is 4.31. The number of rotatable bonds is 13. The van der Waals surface area contributed by atoms with Gasteiger partial charge in [-0.1, -0.05) is 24.3 Å². The maximum atomic E-state index is 13.0. The number of ketones is 2. The van der Waals surface area contributed by atoms with E-state index in [1.54, 1.807) is 15.9 Å². The highest BCUT2D eigenvalue weighted by molar-refractivity contribution is 7.59. The van der Waals surface area contributed by atoms with Crippen LogP contribution in [0.3, 0.4) is 0 Å². The van der Waals surface area contributed by atoms with Crippen molar-refractivity contribution in [2.24, 2.45) is 0 Å². The average Bonchev–Trinajstić information content (AvgIpc) is 3.55. The molecule has 258 valence electrons. The van der Waals surface area contributed by atoms with Crippen LogP contribution in [0.4, 0.5) is 0 Å². The zero-order valence-corrected chi connectivity index (χ0v) is 28.9. The van der Waals surface area contributed by atoms with Crippen LogP contribution in [0, 0.1) is 0 Å². The Balaban J connectivity index is 0.00000260. The lowest BCUT2D eigenvalue weighted by atomic mass is 9.92. The molecule has 3 aliphatic heterocycles. The first-order chi connectivity index (χ1) is 22.3. The molecular weight excluding hydrogens is 655 g/mol. The topological polar surface area (TPSA) is 139 Å². The molecule has 0 radical (unpaired) electrons. The Kier molecular flexibility index (Phi) is 13.0. The van der Waals surface area contributed by atoms with Gasteiger partial charge in [0.05, 0.1) is 25.7 Å². The minimum Gasteiger partial charge on any atom is -0.379 e. The maximum absolute atomic E-state index is 13.0. The van der Waals surface area contributed by atoms with Crippen LogP contribution in [0.2, 0.25) is 0 Å². The van der Waals surface area contributed by atoms with E-state index in [2.05, 4.69) is 5.32 Å². The molecule has 48 heavy (non-hydrogen) atoms. The summed E-state index contributed by atoms with van der Waals surface area (Å²) < 4.78 is 11.6. The summed E-state index contributed by atoms with van der Waals surface area (Å²) in [4.78, 5) is 77.2. The van der Waals surface area contributed by atoms with Gasteiger partial charge in [0.15, 0.2) is 5.78 Å². The first kappa shape index (κ1) is 37.3. The molecule has 1 saturated carbocycles. The molecule has 0 bridgehead atoms. The van der Waals surface area contributed by atoms with Crippen molar-refractivity contribution in [2.45, 2.75) is 83.0 Å². The molecule has 0 aromatic heterocycles. The molecule has 1 saturated heterocycles. The predicted octanol–water partition coefficient (Wildman–Crippen LogP) is 2.92. The fourth-order valence-electron chi connectivity index (χ4n) is 7.03. The van der Waals surface area contributed by atoms with Gasteiger partial charge in [-0.2, -0.15) is 27.0 Å². The summed E-state index contributed by atoms with van der Waals surface area (Å²) in [6.45, 7) is 2.82. The molecule has 2 fully saturated rings. The third-order valence-corrected chi connectivity index (χ3v) is 9.43. The molecule has 2 unspecified atom stereocenters. The number of carbonyl (C=O) groups excluding carboxylic acids is 6. The number of nitrogens with one attached hydrogen (secondary N) is 1. The fraction of sp³-hybridized carbons (Fsp3) is 0.486. The van der Waals surface area contributed by atoms with Crippen molar-refractivity contribution in [3.63, 3.8) is 0 Å². The smallest absolute Gasteiger partial charge is 0.255 e. The van der Waals surface area contributed by atoms with Gasteiger partial charge < -0.3 is 19.3 Å². The SMILES string of the molecule is O=C1CCC(N2Cc3c(CCCOCCOCCCc4cccc5c4CN(C4CCC(=O)NC4=O)C5=O)cccc3C2=O)C(=O)C1.S.S. The third-order valence-electron chi connectivity index (χ3n) is 9.43. The number of piperidine rings is 1. The third kappa shape index (κ3) is 8.02. The second-order valence-electron chi connectivity index (χ2n) is 12.4. The molecule has 2 aromatic rings. The Morgan fingerprint density at radius 3 is 1.71 bits per heavy atom. The first-order valence-electron chi connectivity index (χ1n) is 16.2. The van der Waals surface area contributed by atoms with Crippen LogP contribution < -0.4 is 5.32 Å². The van der Waals surface area contributed by atoms with E-state index in [4.69, 9.17) is 9.47 Å². The maximum Gasteiger partial charge on any atom is 0.255 e. The van der Waals surface area contributed by atoms with Crippen LogP contribution in [0.5, 0.6) is 0 Å². The Hall–Kier alpha value is -3.52. The van der Waals surface area contributed by atoms with E-state index in [-0.39, 0.29) is 69.1 Å². The molecule has 3 heterocycles. The van der Waals surface area contributed by atoms with Gasteiger partial charge in [-0.05, 0) is 72.9 Å². The van der Waals surface area contributed by atoms with Gasteiger partial charge >= 0.3 is 0 Å². The van der Waals surface area contributed by atoms with Crippen molar-refractivity contribution in [3.05, 3.63) is 69.8 Å². The van der Waals surface area contributed by atoms with Crippen molar-refractivity contribution in [1.82, 2.24) is 15.1 Å². The summed E-state index contributed by atoms with van der Waals surface area (Å²) in [5.74, 6) is -1.21. The normalized spacial score (nSPS) is 20.3. The van der Waals surface area contributed by atoms with E-state index < -0.39 is 18.0 Å². The zero-order valence-electron chi connectivity index (χ0n) is 26.9. The lowest BCUT2D eigenvalue weighted by molar-refractivity contribution is -0.137. The number of fused-ring (bicyclic) bond motifs is 2. The van der Waals surface area contributed by atoms with Crippen LogP contribution in [-0.4, -0.2) is 83.5 Å². The zero-order chi connectivity index (χ0) is 32.2. The Labute approximate surface area is 294 Å². The highest BCUT2D eigenvalue weighted by Gasteiger charge is 2.41. The second kappa shape index (κ2) is 16.7. The predicted molar refractivity (Wildman–Crippen MR) is 185 cm³/mol. The van der Waals surface area contributed by atoms with E-state index in [1.165, 1.54) is 0 Å². The van der Waals surface area contributed by atoms with Gasteiger partial charge in [-0.25, -0.2) is 0 Å². The molecule has 2 atom stereocenters. The van der Waals surface area contributed by atoms with Gasteiger partial charge in [0.2, 0.25) is 11.8 Å². The fourth-order valence-corrected chi connectivity index (χ4v) is 7.03. The Morgan fingerprint density at radius 1 is 0.667 bits per heavy atom. The number of ether oxygens (including phenoxy) is 2. The summed E-state index contributed by atoms with van der Waals surface area (Å²) in [5, 5.41) is 2.34. The average molecular weight is 698 g/mol. The Bertz CT molecular complexity index is 1470. The van der Waals surface area contributed by atoms with E-state index in [0.29, 0.717) is 69.9 Å². The largest absolute Gasteiger partial charge is 0.379 e. The minimum atomic E-state index is -0.621. The minimum absolute atomic E-state index is 0.